The average Bonchev–Trinajstić information content (AvgIpc) is 2.86. The lowest BCUT2D eigenvalue weighted by Gasteiger charge is -2.26. The van der Waals surface area contributed by atoms with Crippen LogP contribution in [-0.2, 0) is 4.79 Å². The molecule has 0 radical (unpaired) electrons. The van der Waals surface area contributed by atoms with Crippen LogP contribution >= 0.6 is 0 Å². The van der Waals surface area contributed by atoms with Gasteiger partial charge in [-0.15, -0.1) is 0 Å². The van der Waals surface area contributed by atoms with Crippen LogP contribution in [0.15, 0.2) is 64.1 Å². The van der Waals surface area contributed by atoms with E-state index < -0.39 is 40.3 Å². The first-order valence-corrected chi connectivity index (χ1v) is 10.8. The number of aromatic nitrogens is 2. The standard InChI is InChI=1S/C26H16N2O8/c29-16-4-2-12(8-17(16)30)25-24(34)23(33)22-18(31)10-19-21(26(22)36-25)13(9-20(32)35-19)11-1-3-14-15(7-11)28-6-5-27-14/h1-8,10,13,29-31,34H,9H2/t13-/m0/s1. The second-order valence-corrected chi connectivity index (χ2v) is 8.36. The lowest BCUT2D eigenvalue weighted by molar-refractivity contribution is -0.135. The second kappa shape index (κ2) is 7.70. The Morgan fingerprint density at radius 1 is 0.833 bits per heavy atom. The third-order valence-corrected chi connectivity index (χ3v) is 6.20. The van der Waals surface area contributed by atoms with E-state index in [0.29, 0.717) is 22.2 Å². The van der Waals surface area contributed by atoms with Gasteiger partial charge in [0, 0.05) is 35.5 Å². The molecule has 3 heterocycles. The normalized spacial score (nSPS) is 15.1. The minimum Gasteiger partial charge on any atom is -0.507 e. The van der Waals surface area contributed by atoms with E-state index in [2.05, 4.69) is 9.97 Å². The number of rotatable bonds is 2. The number of aromatic hydroxyl groups is 4. The van der Waals surface area contributed by atoms with Crippen molar-refractivity contribution in [3.8, 4) is 40.1 Å². The number of nitrogens with zero attached hydrogens (tertiary/aromatic N) is 2. The summed E-state index contributed by atoms with van der Waals surface area (Å²) in [6.07, 6.45) is 3.03. The van der Waals surface area contributed by atoms with Gasteiger partial charge < -0.3 is 29.6 Å². The molecule has 10 nitrogen and oxygen atoms in total. The van der Waals surface area contributed by atoms with Crippen LogP contribution in [0.1, 0.15) is 23.5 Å². The fourth-order valence-electron chi connectivity index (χ4n) is 4.52. The number of carbonyl (C=O) groups is 1. The molecule has 0 unspecified atom stereocenters. The van der Waals surface area contributed by atoms with Crippen molar-refractivity contribution < 1.29 is 34.4 Å². The maximum absolute atomic E-state index is 13.2. The number of benzene rings is 3. The fourth-order valence-corrected chi connectivity index (χ4v) is 4.52. The zero-order valence-electron chi connectivity index (χ0n) is 18.3. The van der Waals surface area contributed by atoms with Gasteiger partial charge in [0.05, 0.1) is 17.5 Å². The highest BCUT2D eigenvalue weighted by molar-refractivity contribution is 5.94. The van der Waals surface area contributed by atoms with E-state index in [1.54, 1.807) is 30.6 Å². The van der Waals surface area contributed by atoms with Gasteiger partial charge in [-0.2, -0.15) is 0 Å². The summed E-state index contributed by atoms with van der Waals surface area (Å²) < 4.78 is 11.4. The van der Waals surface area contributed by atoms with Gasteiger partial charge in [-0.1, -0.05) is 6.07 Å². The first kappa shape index (κ1) is 21.4. The third-order valence-electron chi connectivity index (χ3n) is 6.20. The molecule has 36 heavy (non-hydrogen) atoms. The topological polar surface area (TPSA) is 163 Å². The number of carbonyl (C=O) groups excluding carboxylic acids is 1. The molecule has 178 valence electrons. The van der Waals surface area contributed by atoms with Crippen molar-refractivity contribution in [2.45, 2.75) is 12.3 Å². The maximum atomic E-state index is 13.2. The highest BCUT2D eigenvalue weighted by atomic mass is 16.5. The molecular weight excluding hydrogens is 468 g/mol. The Hall–Kier alpha value is -5.12. The molecule has 0 spiro atoms. The molecule has 1 aliphatic heterocycles. The summed E-state index contributed by atoms with van der Waals surface area (Å²) in [7, 11) is 0. The van der Waals surface area contributed by atoms with E-state index in [1.165, 1.54) is 12.1 Å². The molecule has 0 bridgehead atoms. The predicted molar refractivity (Wildman–Crippen MR) is 126 cm³/mol. The van der Waals surface area contributed by atoms with Crippen molar-refractivity contribution in [2.75, 3.05) is 0 Å². The summed E-state index contributed by atoms with van der Waals surface area (Å²) in [5.74, 6) is -3.69. The molecule has 2 aromatic heterocycles. The summed E-state index contributed by atoms with van der Waals surface area (Å²) in [4.78, 5) is 34.2. The van der Waals surface area contributed by atoms with Crippen molar-refractivity contribution in [3.63, 3.8) is 0 Å². The molecule has 1 atom stereocenters. The van der Waals surface area contributed by atoms with Crippen molar-refractivity contribution in [2.24, 2.45) is 0 Å². The Morgan fingerprint density at radius 2 is 1.61 bits per heavy atom. The van der Waals surface area contributed by atoms with Crippen LogP contribution in [0.3, 0.4) is 0 Å². The van der Waals surface area contributed by atoms with Crippen LogP contribution in [0.25, 0.3) is 33.3 Å². The van der Waals surface area contributed by atoms with Gasteiger partial charge >= 0.3 is 5.97 Å². The second-order valence-electron chi connectivity index (χ2n) is 8.36. The number of phenolic OH excluding ortho intramolecular Hbond substituents is 3. The first-order chi connectivity index (χ1) is 17.3. The Balaban J connectivity index is 1.66. The van der Waals surface area contributed by atoms with Crippen LogP contribution in [-0.4, -0.2) is 36.4 Å². The molecule has 1 aliphatic rings. The Labute approximate surface area is 201 Å². The largest absolute Gasteiger partial charge is 0.507 e. The molecule has 0 saturated carbocycles. The first-order valence-electron chi connectivity index (χ1n) is 10.8. The van der Waals surface area contributed by atoms with Gasteiger partial charge in [0.25, 0.3) is 0 Å². The van der Waals surface area contributed by atoms with Gasteiger partial charge in [0.15, 0.2) is 17.3 Å². The fraction of sp³-hybridized carbons (Fsp3) is 0.0769. The van der Waals surface area contributed by atoms with Gasteiger partial charge in [-0.05, 0) is 35.9 Å². The Morgan fingerprint density at radius 3 is 2.39 bits per heavy atom. The van der Waals surface area contributed by atoms with E-state index in [9.17, 15) is 30.0 Å². The number of phenols is 3. The molecule has 0 aliphatic carbocycles. The van der Waals surface area contributed by atoms with Gasteiger partial charge in [0.1, 0.15) is 22.5 Å². The number of esters is 1. The third kappa shape index (κ3) is 3.19. The molecule has 0 saturated heterocycles. The minimum absolute atomic E-state index is 0.00818. The van der Waals surface area contributed by atoms with Gasteiger partial charge in [0.2, 0.25) is 11.2 Å². The quantitative estimate of drug-likeness (QED) is 0.165. The predicted octanol–water partition coefficient (Wildman–Crippen LogP) is 3.67. The minimum atomic E-state index is -0.917. The lowest BCUT2D eigenvalue weighted by Crippen LogP contribution is -2.22. The average molecular weight is 484 g/mol. The van der Waals surface area contributed by atoms with Crippen LogP contribution in [0, 0.1) is 0 Å². The van der Waals surface area contributed by atoms with Gasteiger partial charge in [-0.25, -0.2) is 0 Å². The maximum Gasteiger partial charge on any atom is 0.312 e. The lowest BCUT2D eigenvalue weighted by atomic mass is 9.85. The number of hydrogen-bond acceptors (Lipinski definition) is 10. The van der Waals surface area contributed by atoms with Crippen molar-refractivity contribution in [1.29, 1.82) is 0 Å². The summed E-state index contributed by atoms with van der Waals surface area (Å²) >= 11 is 0. The SMILES string of the molecule is O=C1C[C@@H](c2ccc3nccnc3c2)c2c(cc(O)c3c(=O)c(O)c(-c4ccc(O)c(O)c4)oc23)O1. The molecule has 3 aromatic carbocycles. The van der Waals surface area contributed by atoms with E-state index in [-0.39, 0.29) is 34.5 Å². The molecule has 0 amide bonds. The molecule has 5 aromatic rings. The van der Waals surface area contributed by atoms with Crippen molar-refractivity contribution in [1.82, 2.24) is 9.97 Å². The molecular formula is C26H16N2O8. The number of ether oxygens (including phenoxy) is 1. The highest BCUT2D eigenvalue weighted by Crippen LogP contribution is 2.47. The monoisotopic (exact) mass is 484 g/mol. The smallest absolute Gasteiger partial charge is 0.312 e. The van der Waals surface area contributed by atoms with Crippen LogP contribution in [0.4, 0.5) is 0 Å². The number of hydrogen-bond donors (Lipinski definition) is 4. The molecule has 6 rings (SSSR count). The molecule has 0 fully saturated rings. The van der Waals surface area contributed by atoms with Gasteiger partial charge in [-0.3, -0.25) is 19.6 Å². The summed E-state index contributed by atoms with van der Waals surface area (Å²) in [5.41, 5.74) is 1.34. The van der Waals surface area contributed by atoms with E-state index in [4.69, 9.17) is 9.15 Å². The van der Waals surface area contributed by atoms with E-state index in [1.807, 2.05) is 0 Å². The molecule has 10 heteroatoms. The summed E-state index contributed by atoms with van der Waals surface area (Å²) in [6, 6.07) is 10.1. The Bertz CT molecular complexity index is 1790. The van der Waals surface area contributed by atoms with Crippen LogP contribution in [0.5, 0.6) is 28.7 Å². The molecule has 4 N–H and O–H groups in total. The van der Waals surface area contributed by atoms with Crippen LogP contribution < -0.4 is 10.2 Å². The van der Waals surface area contributed by atoms with E-state index >= 15 is 0 Å². The van der Waals surface area contributed by atoms with Crippen molar-refractivity contribution >= 4 is 28.0 Å². The van der Waals surface area contributed by atoms with E-state index in [0.717, 1.165) is 12.1 Å². The zero-order chi connectivity index (χ0) is 25.1. The van der Waals surface area contributed by atoms with Crippen molar-refractivity contribution in [3.05, 3.63) is 76.2 Å². The van der Waals surface area contributed by atoms with Crippen LogP contribution in [0.2, 0.25) is 0 Å². The Kier molecular flexibility index (Phi) is 4.58. The summed E-state index contributed by atoms with van der Waals surface area (Å²) in [5, 5.41) is 40.5. The number of fused-ring (bicyclic) bond motifs is 4. The highest BCUT2D eigenvalue weighted by Gasteiger charge is 2.34. The summed E-state index contributed by atoms with van der Waals surface area (Å²) in [6.45, 7) is 0. The zero-order valence-corrected chi connectivity index (χ0v) is 18.3.